The molecule has 0 aliphatic heterocycles. The summed E-state index contributed by atoms with van der Waals surface area (Å²) in [5.41, 5.74) is 8.54. The lowest BCUT2D eigenvalue weighted by Crippen LogP contribution is -2.26. The van der Waals surface area contributed by atoms with Crippen molar-refractivity contribution in [3.8, 4) is 0 Å². The SMILES string of the molecule is NNOC(=O)CCn1cnc2c(N)ncnc21. The van der Waals surface area contributed by atoms with E-state index in [2.05, 4.69) is 19.8 Å². The summed E-state index contributed by atoms with van der Waals surface area (Å²) >= 11 is 0. The first-order valence-electron chi connectivity index (χ1n) is 4.79. The van der Waals surface area contributed by atoms with E-state index in [0.29, 0.717) is 23.5 Å². The zero-order valence-electron chi connectivity index (χ0n) is 8.83. The lowest BCUT2D eigenvalue weighted by Gasteiger charge is -2.03. The van der Waals surface area contributed by atoms with Crippen molar-refractivity contribution in [2.24, 2.45) is 5.84 Å². The monoisotopic (exact) mass is 237 g/mol. The number of hydrogen-bond acceptors (Lipinski definition) is 8. The van der Waals surface area contributed by atoms with Crippen LogP contribution in [0.5, 0.6) is 0 Å². The number of nitrogens with one attached hydrogen (secondary N) is 1. The molecule has 2 aromatic rings. The van der Waals surface area contributed by atoms with Crippen LogP contribution in [-0.2, 0) is 16.2 Å². The molecule has 5 N–H and O–H groups in total. The molecule has 0 radical (unpaired) electrons. The first kappa shape index (κ1) is 11.2. The van der Waals surface area contributed by atoms with Crippen LogP contribution in [0.3, 0.4) is 0 Å². The van der Waals surface area contributed by atoms with Crippen molar-refractivity contribution in [3.05, 3.63) is 12.7 Å². The van der Waals surface area contributed by atoms with Gasteiger partial charge >= 0.3 is 5.97 Å². The summed E-state index contributed by atoms with van der Waals surface area (Å²) in [4.78, 5) is 27.4. The second kappa shape index (κ2) is 4.72. The molecule has 2 aromatic heterocycles. The van der Waals surface area contributed by atoms with Crippen LogP contribution >= 0.6 is 0 Å². The minimum atomic E-state index is -0.476. The molecular weight excluding hydrogens is 226 g/mol. The highest BCUT2D eigenvalue weighted by Gasteiger charge is 2.09. The van der Waals surface area contributed by atoms with Gasteiger partial charge < -0.3 is 15.1 Å². The third kappa shape index (κ3) is 2.29. The van der Waals surface area contributed by atoms with Gasteiger partial charge in [0.1, 0.15) is 11.8 Å². The van der Waals surface area contributed by atoms with Crippen LogP contribution in [0.1, 0.15) is 6.42 Å². The molecule has 0 bridgehead atoms. The summed E-state index contributed by atoms with van der Waals surface area (Å²) < 4.78 is 1.69. The summed E-state index contributed by atoms with van der Waals surface area (Å²) in [6, 6.07) is 0. The Kier molecular flexibility index (Phi) is 3.12. The molecule has 9 heteroatoms. The van der Waals surface area contributed by atoms with E-state index in [9.17, 15) is 4.79 Å². The minimum absolute atomic E-state index is 0.138. The van der Waals surface area contributed by atoms with Gasteiger partial charge in [-0.2, -0.15) is 0 Å². The molecule has 2 heterocycles. The van der Waals surface area contributed by atoms with Gasteiger partial charge in [0.15, 0.2) is 11.5 Å². The largest absolute Gasteiger partial charge is 0.382 e. The number of hydrogen-bond donors (Lipinski definition) is 3. The first-order chi connectivity index (χ1) is 8.22. The van der Waals surface area contributed by atoms with E-state index in [1.165, 1.54) is 6.33 Å². The first-order valence-corrected chi connectivity index (χ1v) is 4.79. The molecule has 0 aromatic carbocycles. The molecule has 0 saturated carbocycles. The molecule has 9 nitrogen and oxygen atoms in total. The second-order valence-corrected chi connectivity index (χ2v) is 3.21. The van der Waals surface area contributed by atoms with Crippen LogP contribution in [0.2, 0.25) is 0 Å². The maximum Gasteiger partial charge on any atom is 0.328 e. The predicted molar refractivity (Wildman–Crippen MR) is 57.8 cm³/mol. The summed E-state index contributed by atoms with van der Waals surface area (Å²) in [6.45, 7) is 0.369. The molecule has 0 atom stereocenters. The Balaban J connectivity index is 2.14. The van der Waals surface area contributed by atoms with Gasteiger partial charge in [0, 0.05) is 6.54 Å². The van der Waals surface area contributed by atoms with Crippen molar-refractivity contribution in [1.82, 2.24) is 25.1 Å². The van der Waals surface area contributed by atoms with Crippen LogP contribution in [0.15, 0.2) is 12.7 Å². The van der Waals surface area contributed by atoms with Crippen LogP contribution in [-0.4, -0.2) is 25.5 Å². The normalized spacial score (nSPS) is 10.6. The molecule has 17 heavy (non-hydrogen) atoms. The third-order valence-electron chi connectivity index (χ3n) is 2.16. The van der Waals surface area contributed by atoms with Gasteiger partial charge in [-0.05, 0) is 0 Å². The quantitative estimate of drug-likeness (QED) is 0.442. The number of imidazole rings is 1. The van der Waals surface area contributed by atoms with Gasteiger partial charge in [0.05, 0.1) is 12.7 Å². The Hall–Kier alpha value is -2.26. The Bertz CT molecular complexity index is 538. The van der Waals surface area contributed by atoms with Gasteiger partial charge in [-0.1, -0.05) is 5.59 Å². The number of rotatable bonds is 4. The number of nitrogens with zero attached hydrogens (tertiary/aromatic N) is 4. The summed E-state index contributed by atoms with van der Waals surface area (Å²) in [5, 5.41) is 0. The fraction of sp³-hybridized carbons (Fsp3) is 0.250. The lowest BCUT2D eigenvalue weighted by molar-refractivity contribution is -0.151. The Morgan fingerprint density at radius 3 is 3.06 bits per heavy atom. The Morgan fingerprint density at radius 1 is 1.47 bits per heavy atom. The van der Waals surface area contributed by atoms with Crippen molar-refractivity contribution in [2.45, 2.75) is 13.0 Å². The number of aromatic nitrogens is 4. The zero-order valence-corrected chi connectivity index (χ0v) is 8.83. The highest BCUT2D eigenvalue weighted by Crippen LogP contribution is 2.14. The highest BCUT2D eigenvalue weighted by molar-refractivity contribution is 5.81. The van der Waals surface area contributed by atoms with Gasteiger partial charge in [-0.15, -0.1) is 0 Å². The molecule has 0 unspecified atom stereocenters. The fourth-order valence-electron chi connectivity index (χ4n) is 1.39. The molecule has 0 aliphatic rings. The lowest BCUT2D eigenvalue weighted by atomic mass is 10.4. The number of hydrazine groups is 1. The fourth-order valence-corrected chi connectivity index (χ4v) is 1.39. The van der Waals surface area contributed by atoms with Gasteiger partial charge in [-0.3, -0.25) is 4.79 Å². The van der Waals surface area contributed by atoms with Gasteiger partial charge in [0.2, 0.25) is 0 Å². The van der Waals surface area contributed by atoms with Crippen molar-refractivity contribution in [1.29, 1.82) is 0 Å². The second-order valence-electron chi connectivity index (χ2n) is 3.21. The van der Waals surface area contributed by atoms with Crippen LogP contribution in [0, 0.1) is 0 Å². The number of aryl methyl sites for hydroxylation is 1. The number of carbonyl (C=O) groups excluding carboxylic acids is 1. The third-order valence-corrected chi connectivity index (χ3v) is 2.16. The van der Waals surface area contributed by atoms with Crippen LogP contribution in [0.4, 0.5) is 5.82 Å². The maximum atomic E-state index is 11.1. The van der Waals surface area contributed by atoms with Crippen molar-refractivity contribution in [2.75, 3.05) is 5.73 Å². The van der Waals surface area contributed by atoms with Crippen molar-refractivity contribution < 1.29 is 9.63 Å². The number of anilines is 1. The number of fused-ring (bicyclic) bond motifs is 1. The molecular formula is C8H11N7O2. The zero-order chi connectivity index (χ0) is 12.3. The van der Waals surface area contributed by atoms with Crippen molar-refractivity contribution >= 4 is 23.0 Å². The van der Waals surface area contributed by atoms with Gasteiger partial charge in [-0.25, -0.2) is 20.8 Å². The Labute approximate surface area is 95.7 Å². The van der Waals surface area contributed by atoms with Crippen LogP contribution < -0.4 is 17.2 Å². The van der Waals surface area contributed by atoms with E-state index in [1.807, 2.05) is 5.59 Å². The van der Waals surface area contributed by atoms with E-state index >= 15 is 0 Å². The molecule has 0 fully saturated rings. The van der Waals surface area contributed by atoms with Crippen LogP contribution in [0.25, 0.3) is 11.2 Å². The molecule has 2 rings (SSSR count). The molecule has 90 valence electrons. The maximum absolute atomic E-state index is 11.1. The Morgan fingerprint density at radius 2 is 2.29 bits per heavy atom. The summed E-state index contributed by atoms with van der Waals surface area (Å²) in [7, 11) is 0. The average molecular weight is 237 g/mol. The minimum Gasteiger partial charge on any atom is -0.382 e. The number of nitrogens with two attached hydrogens (primary N) is 2. The van der Waals surface area contributed by atoms with E-state index < -0.39 is 5.97 Å². The van der Waals surface area contributed by atoms with E-state index in [1.54, 1.807) is 10.9 Å². The molecule has 0 aliphatic carbocycles. The van der Waals surface area contributed by atoms with E-state index in [0.717, 1.165) is 0 Å². The molecule has 0 saturated heterocycles. The topological polar surface area (TPSA) is 134 Å². The number of carbonyl (C=O) groups is 1. The molecule has 0 spiro atoms. The summed E-state index contributed by atoms with van der Waals surface area (Å²) in [5.74, 6) is 4.67. The summed E-state index contributed by atoms with van der Waals surface area (Å²) in [6.07, 6.45) is 3.02. The van der Waals surface area contributed by atoms with E-state index in [4.69, 9.17) is 11.6 Å². The number of nitrogen functional groups attached to an aromatic ring is 1. The smallest absolute Gasteiger partial charge is 0.328 e. The standard InChI is InChI=1S/C8H11N7O2/c9-7-6-8(12-3-11-7)15(4-13-6)2-1-5(16)17-14-10/h3-4,14H,1-2,10H2,(H2,9,11,12). The van der Waals surface area contributed by atoms with Gasteiger partial charge in [0.25, 0.3) is 0 Å². The highest BCUT2D eigenvalue weighted by atomic mass is 16.7. The average Bonchev–Trinajstić information content (AvgIpc) is 2.72. The van der Waals surface area contributed by atoms with Crippen molar-refractivity contribution in [3.63, 3.8) is 0 Å². The predicted octanol–water partition coefficient (Wildman–Crippen LogP) is -1.28. The van der Waals surface area contributed by atoms with E-state index in [-0.39, 0.29) is 6.42 Å². The molecule has 0 amide bonds.